The van der Waals surface area contributed by atoms with Gasteiger partial charge in [-0.2, -0.15) is 0 Å². The molecule has 4 nitrogen and oxygen atoms in total. The van der Waals surface area contributed by atoms with E-state index in [4.69, 9.17) is 0 Å². The Labute approximate surface area is 158 Å². The number of carbonyl (C=O) groups is 2. The number of amides is 2. The second-order valence-electron chi connectivity index (χ2n) is 6.74. The molecule has 0 bridgehead atoms. The van der Waals surface area contributed by atoms with Crippen molar-refractivity contribution in [2.45, 2.75) is 37.1 Å². The van der Waals surface area contributed by atoms with Gasteiger partial charge in [0.2, 0.25) is 11.8 Å². The van der Waals surface area contributed by atoms with E-state index in [9.17, 15) is 9.59 Å². The monoisotopic (exact) mass is 366 g/mol. The molecule has 2 atom stereocenters. The van der Waals surface area contributed by atoms with Crippen molar-refractivity contribution >= 4 is 29.3 Å². The van der Waals surface area contributed by atoms with E-state index in [1.54, 1.807) is 11.8 Å². The van der Waals surface area contributed by atoms with Gasteiger partial charge in [-0.25, -0.2) is 0 Å². The maximum atomic E-state index is 13.0. The largest absolute Gasteiger partial charge is 0.324 e. The minimum atomic E-state index is -0.430. The third-order valence-electron chi connectivity index (χ3n) is 5.31. The van der Waals surface area contributed by atoms with E-state index in [1.807, 2.05) is 47.4 Å². The average molecular weight is 366 g/mol. The molecule has 0 spiro atoms. The molecule has 2 aliphatic rings. The summed E-state index contributed by atoms with van der Waals surface area (Å²) in [6.45, 7) is 2.07. The number of thioether (sulfide) groups is 1. The molecule has 0 aliphatic carbocycles. The Morgan fingerprint density at radius 3 is 2.69 bits per heavy atom. The molecule has 0 radical (unpaired) electrons. The van der Waals surface area contributed by atoms with Crippen molar-refractivity contribution in [1.82, 2.24) is 4.90 Å². The predicted octanol–water partition coefficient (Wildman–Crippen LogP) is 3.78. The highest BCUT2D eigenvalue weighted by Crippen LogP contribution is 2.54. The van der Waals surface area contributed by atoms with Crippen molar-refractivity contribution in [2.24, 2.45) is 0 Å². The summed E-state index contributed by atoms with van der Waals surface area (Å²) in [6, 6.07) is 17.5. The quantitative estimate of drug-likeness (QED) is 0.896. The van der Waals surface area contributed by atoms with Gasteiger partial charge in [0, 0.05) is 17.9 Å². The van der Waals surface area contributed by atoms with Crippen LogP contribution in [0.25, 0.3) is 0 Å². The molecular formula is C21H22N2O2S. The van der Waals surface area contributed by atoms with E-state index in [-0.39, 0.29) is 11.8 Å². The molecule has 2 aromatic rings. The number of anilines is 1. The Hall–Kier alpha value is -2.27. The van der Waals surface area contributed by atoms with E-state index in [0.717, 1.165) is 29.7 Å². The Morgan fingerprint density at radius 2 is 1.92 bits per heavy atom. The third kappa shape index (κ3) is 2.71. The van der Waals surface area contributed by atoms with Crippen molar-refractivity contribution < 1.29 is 9.59 Å². The lowest BCUT2D eigenvalue weighted by Crippen LogP contribution is -2.48. The fourth-order valence-electron chi connectivity index (χ4n) is 4.00. The molecule has 0 unspecified atom stereocenters. The molecule has 1 N–H and O–H groups in total. The number of rotatable bonds is 4. The lowest BCUT2D eigenvalue weighted by atomic mass is 10.0. The van der Waals surface area contributed by atoms with Crippen LogP contribution in [0.5, 0.6) is 0 Å². The van der Waals surface area contributed by atoms with Crippen molar-refractivity contribution in [3.8, 4) is 0 Å². The minimum absolute atomic E-state index is 0.0720. The number of hydrogen-bond donors (Lipinski definition) is 1. The van der Waals surface area contributed by atoms with Gasteiger partial charge < -0.3 is 10.2 Å². The molecule has 5 heteroatoms. The minimum Gasteiger partial charge on any atom is -0.324 e. The lowest BCUT2D eigenvalue weighted by molar-refractivity contribution is -0.136. The summed E-state index contributed by atoms with van der Waals surface area (Å²) in [5, 5.41) is 3.06. The first kappa shape index (κ1) is 17.2. The fraction of sp³-hybridized carbons (Fsp3) is 0.333. The summed E-state index contributed by atoms with van der Waals surface area (Å²) in [6.07, 6.45) is 2.11. The molecule has 26 heavy (non-hydrogen) atoms. The molecule has 0 saturated carbocycles. The molecule has 0 aromatic heterocycles. The number of carbonyl (C=O) groups excluding carboxylic acids is 2. The Balaban J connectivity index is 1.62. The Bertz CT molecular complexity index is 839. The van der Waals surface area contributed by atoms with Gasteiger partial charge in [0.15, 0.2) is 0 Å². The summed E-state index contributed by atoms with van der Waals surface area (Å²) >= 11 is 1.72. The van der Waals surface area contributed by atoms with Gasteiger partial charge in [-0.3, -0.25) is 9.59 Å². The van der Waals surface area contributed by atoms with E-state index in [1.165, 1.54) is 0 Å². The SMILES string of the molecule is CCc1ccccc1NC(=O)[C@@H]1CS[C@@]2(c3ccccc3)CCC(=O)N12. The van der Waals surface area contributed by atoms with Gasteiger partial charge in [-0.15, -0.1) is 11.8 Å². The van der Waals surface area contributed by atoms with Crippen LogP contribution in [0.15, 0.2) is 54.6 Å². The van der Waals surface area contributed by atoms with E-state index in [2.05, 4.69) is 24.4 Å². The van der Waals surface area contributed by atoms with Crippen molar-refractivity contribution in [3.05, 3.63) is 65.7 Å². The molecule has 134 valence electrons. The van der Waals surface area contributed by atoms with E-state index in [0.29, 0.717) is 12.2 Å². The van der Waals surface area contributed by atoms with Gasteiger partial charge >= 0.3 is 0 Å². The number of aryl methyl sites for hydroxylation is 1. The summed E-state index contributed by atoms with van der Waals surface area (Å²) < 4.78 is 0. The molecule has 2 aliphatic heterocycles. The van der Waals surface area contributed by atoms with Crippen molar-refractivity contribution in [2.75, 3.05) is 11.1 Å². The van der Waals surface area contributed by atoms with Crippen LogP contribution in [-0.2, 0) is 20.9 Å². The summed E-state index contributed by atoms with van der Waals surface area (Å²) in [5.74, 6) is 0.607. The van der Waals surface area contributed by atoms with Gasteiger partial charge in [0.1, 0.15) is 10.9 Å². The molecular weight excluding hydrogens is 344 g/mol. The first-order valence-electron chi connectivity index (χ1n) is 9.06. The van der Waals surface area contributed by atoms with Crippen LogP contribution < -0.4 is 5.32 Å². The summed E-state index contributed by atoms with van der Waals surface area (Å²) in [7, 11) is 0. The Kier molecular flexibility index (Phi) is 4.49. The average Bonchev–Trinajstić information content (AvgIpc) is 3.22. The number of benzene rings is 2. The Morgan fingerprint density at radius 1 is 1.19 bits per heavy atom. The molecule has 2 heterocycles. The smallest absolute Gasteiger partial charge is 0.248 e. The van der Waals surface area contributed by atoms with Crippen LogP contribution in [0.4, 0.5) is 5.69 Å². The normalized spacial score (nSPS) is 24.6. The van der Waals surface area contributed by atoms with Crippen LogP contribution in [0.3, 0.4) is 0 Å². The van der Waals surface area contributed by atoms with Crippen molar-refractivity contribution in [1.29, 1.82) is 0 Å². The zero-order chi connectivity index (χ0) is 18.1. The van der Waals surface area contributed by atoms with Gasteiger partial charge in [-0.1, -0.05) is 55.5 Å². The number of nitrogens with zero attached hydrogens (tertiary/aromatic N) is 1. The molecule has 2 amide bonds. The molecule has 2 saturated heterocycles. The van der Waals surface area contributed by atoms with Crippen LogP contribution in [0, 0.1) is 0 Å². The maximum absolute atomic E-state index is 13.0. The van der Waals surface area contributed by atoms with Gasteiger partial charge in [0.05, 0.1) is 0 Å². The van der Waals surface area contributed by atoms with Crippen LogP contribution >= 0.6 is 11.8 Å². The second-order valence-corrected chi connectivity index (χ2v) is 8.04. The van der Waals surface area contributed by atoms with Crippen LogP contribution in [0.1, 0.15) is 30.9 Å². The first-order chi connectivity index (χ1) is 12.7. The molecule has 4 rings (SSSR count). The second kappa shape index (κ2) is 6.80. The topological polar surface area (TPSA) is 49.4 Å². The van der Waals surface area contributed by atoms with E-state index >= 15 is 0 Å². The van der Waals surface area contributed by atoms with Crippen molar-refractivity contribution in [3.63, 3.8) is 0 Å². The number of fused-ring (bicyclic) bond motifs is 1. The zero-order valence-electron chi connectivity index (χ0n) is 14.8. The summed E-state index contributed by atoms with van der Waals surface area (Å²) in [4.78, 5) is 27.1. The number of nitrogens with one attached hydrogen (secondary N) is 1. The third-order valence-corrected chi connectivity index (χ3v) is 6.91. The van der Waals surface area contributed by atoms with Crippen LogP contribution in [-0.4, -0.2) is 28.5 Å². The van der Waals surface area contributed by atoms with E-state index < -0.39 is 10.9 Å². The highest BCUT2D eigenvalue weighted by molar-refractivity contribution is 8.00. The molecule has 2 aromatic carbocycles. The lowest BCUT2D eigenvalue weighted by Gasteiger charge is -2.34. The van der Waals surface area contributed by atoms with Crippen LogP contribution in [0.2, 0.25) is 0 Å². The van der Waals surface area contributed by atoms with Gasteiger partial charge in [-0.05, 0) is 30.0 Å². The summed E-state index contributed by atoms with van der Waals surface area (Å²) in [5.41, 5.74) is 3.06. The number of hydrogen-bond acceptors (Lipinski definition) is 3. The molecule has 2 fully saturated rings. The number of para-hydroxylation sites is 1. The maximum Gasteiger partial charge on any atom is 0.248 e. The standard InChI is InChI=1S/C21H22N2O2S/c1-2-15-8-6-7-11-17(15)22-20(25)18-14-26-21(13-12-19(24)23(18)21)16-9-4-3-5-10-16/h3-11,18H,2,12-14H2,1H3,(H,22,25)/t18-,21+/m0/s1. The first-order valence-corrected chi connectivity index (χ1v) is 10.0. The van der Waals surface area contributed by atoms with Gasteiger partial charge in [0.25, 0.3) is 0 Å². The zero-order valence-corrected chi connectivity index (χ0v) is 15.6. The highest BCUT2D eigenvalue weighted by Gasteiger charge is 2.56. The predicted molar refractivity (Wildman–Crippen MR) is 105 cm³/mol. The fourth-order valence-corrected chi connectivity index (χ4v) is 5.65. The highest BCUT2D eigenvalue weighted by atomic mass is 32.2.